The number of hydrogen-bond donors (Lipinski definition) is 2. The number of rotatable bonds is 10. The number of amides is 1. The first-order chi connectivity index (χ1) is 14.4. The van der Waals surface area contributed by atoms with E-state index in [0.717, 1.165) is 11.0 Å². The third kappa shape index (κ3) is 5.44. The number of carbonyl (C=O) groups is 2. The van der Waals surface area contributed by atoms with Crippen molar-refractivity contribution in [1.82, 2.24) is 4.90 Å². The summed E-state index contributed by atoms with van der Waals surface area (Å²) in [5.41, 5.74) is 4.46. The summed E-state index contributed by atoms with van der Waals surface area (Å²) < 4.78 is 5.81. The van der Waals surface area contributed by atoms with Crippen LogP contribution in [0.5, 0.6) is 5.75 Å². The Kier molecular flexibility index (Phi) is 7.46. The number of hydrogen-bond acceptors (Lipinski definition) is 9. The number of nitro benzene ring substituents is 2. The van der Waals surface area contributed by atoms with E-state index in [1.807, 2.05) is 4.90 Å². The summed E-state index contributed by atoms with van der Waals surface area (Å²) in [7, 11) is 3.60. The molecule has 13 nitrogen and oxygen atoms in total. The fourth-order valence-electron chi connectivity index (χ4n) is 3.49. The fourth-order valence-corrected chi connectivity index (χ4v) is 3.49. The minimum absolute atomic E-state index is 0.0525. The van der Waals surface area contributed by atoms with Gasteiger partial charge in [0.05, 0.1) is 9.85 Å². The van der Waals surface area contributed by atoms with Crippen LogP contribution in [0.4, 0.5) is 17.1 Å². The van der Waals surface area contributed by atoms with Gasteiger partial charge in [-0.05, 0) is 33.9 Å². The number of nitrogens with two attached hydrogens (primary N) is 1. The van der Waals surface area contributed by atoms with E-state index in [1.54, 1.807) is 21.0 Å². The first kappa shape index (κ1) is 24.0. The Morgan fingerprint density at radius 3 is 2.42 bits per heavy atom. The molecule has 0 bridgehead atoms. The smallest absolute Gasteiger partial charge is 0.320 e. The van der Waals surface area contributed by atoms with E-state index in [9.17, 15) is 29.8 Å². The summed E-state index contributed by atoms with van der Waals surface area (Å²) in [5.74, 6) is -1.92. The third-order valence-corrected chi connectivity index (χ3v) is 4.79. The van der Waals surface area contributed by atoms with Gasteiger partial charge in [-0.25, -0.2) is 0 Å². The molecule has 1 aliphatic rings. The zero-order valence-electron chi connectivity index (χ0n) is 17.4. The van der Waals surface area contributed by atoms with Gasteiger partial charge in [0.25, 0.3) is 5.69 Å². The molecule has 0 radical (unpaired) electrons. The van der Waals surface area contributed by atoms with Gasteiger partial charge in [-0.1, -0.05) is 0 Å². The van der Waals surface area contributed by atoms with E-state index >= 15 is 0 Å². The van der Waals surface area contributed by atoms with Crippen LogP contribution in [0, 0.1) is 20.2 Å². The molecule has 13 heteroatoms. The van der Waals surface area contributed by atoms with Crippen molar-refractivity contribution in [1.29, 1.82) is 0 Å². The van der Waals surface area contributed by atoms with Gasteiger partial charge in [-0.15, -0.1) is 0 Å². The third-order valence-electron chi connectivity index (χ3n) is 4.79. The van der Waals surface area contributed by atoms with Crippen LogP contribution < -0.4 is 15.4 Å². The summed E-state index contributed by atoms with van der Waals surface area (Å²) in [6.07, 6.45) is -0.728. The van der Waals surface area contributed by atoms with Gasteiger partial charge in [0.15, 0.2) is 0 Å². The molecule has 0 fully saturated rings. The SMILES string of the molecule is CC(CN(C)C)Oc1c([N+](=O)[O-])cc([N+](=O)[O-])c2c1CCN2C(=O)CCC(N)C(=O)O. The predicted octanol–water partition coefficient (Wildman–Crippen LogP) is 0.913. The van der Waals surface area contributed by atoms with Crippen molar-refractivity contribution in [3.63, 3.8) is 0 Å². The lowest BCUT2D eigenvalue weighted by Crippen LogP contribution is -2.34. The highest BCUT2D eigenvalue weighted by Crippen LogP contribution is 2.48. The van der Waals surface area contributed by atoms with Gasteiger partial charge in [-0.3, -0.25) is 29.8 Å². The minimum Gasteiger partial charge on any atom is -0.482 e. The Morgan fingerprint density at radius 1 is 1.29 bits per heavy atom. The zero-order valence-corrected chi connectivity index (χ0v) is 17.4. The second kappa shape index (κ2) is 9.66. The molecule has 2 unspecified atom stereocenters. The van der Waals surface area contributed by atoms with E-state index in [1.165, 1.54) is 0 Å². The molecule has 3 N–H and O–H groups in total. The largest absolute Gasteiger partial charge is 0.482 e. The Labute approximate surface area is 177 Å². The van der Waals surface area contributed by atoms with E-state index in [2.05, 4.69) is 0 Å². The average Bonchev–Trinajstić information content (AvgIpc) is 3.09. The van der Waals surface area contributed by atoms with Gasteiger partial charge in [-0.2, -0.15) is 0 Å². The summed E-state index contributed by atoms with van der Waals surface area (Å²) in [6.45, 7) is 2.21. The molecule has 0 aromatic heterocycles. The number of nitrogens with zero attached hydrogens (tertiary/aromatic N) is 4. The number of anilines is 1. The van der Waals surface area contributed by atoms with Crippen molar-refractivity contribution in [2.75, 3.05) is 32.1 Å². The zero-order chi connectivity index (χ0) is 23.5. The van der Waals surface area contributed by atoms with E-state index in [-0.39, 0.29) is 42.8 Å². The first-order valence-corrected chi connectivity index (χ1v) is 9.52. The van der Waals surface area contributed by atoms with Crippen LogP contribution >= 0.6 is 0 Å². The topological polar surface area (TPSA) is 182 Å². The summed E-state index contributed by atoms with van der Waals surface area (Å²) in [5, 5.41) is 32.1. The second-order valence-corrected chi connectivity index (χ2v) is 7.55. The molecule has 1 aromatic carbocycles. The van der Waals surface area contributed by atoms with E-state index < -0.39 is 45.2 Å². The molecule has 1 heterocycles. The predicted molar refractivity (Wildman–Crippen MR) is 109 cm³/mol. The molecule has 1 aliphatic heterocycles. The lowest BCUT2D eigenvalue weighted by molar-refractivity contribution is -0.394. The molecular formula is C18H25N5O8. The Bertz CT molecular complexity index is 903. The van der Waals surface area contributed by atoms with Crippen LogP contribution in [0.1, 0.15) is 25.3 Å². The number of carboxylic acids is 1. The van der Waals surface area contributed by atoms with Gasteiger partial charge >= 0.3 is 11.7 Å². The lowest BCUT2D eigenvalue weighted by atomic mass is 10.1. The molecule has 0 aliphatic carbocycles. The second-order valence-electron chi connectivity index (χ2n) is 7.55. The van der Waals surface area contributed by atoms with E-state index in [0.29, 0.717) is 6.54 Å². The van der Waals surface area contributed by atoms with Crippen molar-refractivity contribution < 1.29 is 29.3 Å². The van der Waals surface area contributed by atoms with Crippen LogP contribution in [0.3, 0.4) is 0 Å². The standard InChI is InChI=1S/C18H25N5O8/c1-10(9-20(2)3)31-17-11-6-7-21(15(24)5-4-12(19)18(25)26)16(11)13(22(27)28)8-14(17)23(29)30/h8,10,12H,4-7,9,19H2,1-3H3,(H,25,26). The Balaban J connectivity index is 2.49. The van der Waals surface area contributed by atoms with Crippen LogP contribution in [0.25, 0.3) is 0 Å². The Morgan fingerprint density at radius 2 is 1.90 bits per heavy atom. The molecule has 1 amide bonds. The maximum atomic E-state index is 12.7. The normalized spacial score (nSPS) is 14.8. The van der Waals surface area contributed by atoms with Gasteiger partial charge in [0.1, 0.15) is 23.9 Å². The molecule has 0 saturated heterocycles. The quantitative estimate of drug-likeness (QED) is 0.392. The summed E-state index contributed by atoms with van der Waals surface area (Å²) in [6, 6.07) is -0.450. The molecular weight excluding hydrogens is 414 g/mol. The molecule has 170 valence electrons. The lowest BCUT2D eigenvalue weighted by Gasteiger charge is -2.21. The number of benzene rings is 1. The number of fused-ring (bicyclic) bond motifs is 1. The molecule has 2 atom stereocenters. The van der Waals surface area contributed by atoms with Crippen LogP contribution in [0.15, 0.2) is 6.07 Å². The van der Waals surface area contributed by atoms with Crippen molar-refractivity contribution in [2.45, 2.75) is 38.3 Å². The van der Waals surface area contributed by atoms with Gasteiger partial charge in [0, 0.05) is 25.1 Å². The number of aliphatic carboxylic acids is 1. The number of ether oxygens (including phenoxy) is 1. The van der Waals surface area contributed by atoms with Crippen LogP contribution in [0.2, 0.25) is 0 Å². The number of likely N-dealkylation sites (N-methyl/N-ethyl adjacent to an activating group) is 1. The van der Waals surface area contributed by atoms with Crippen molar-refractivity contribution in [3.8, 4) is 5.75 Å². The molecule has 2 rings (SSSR count). The number of nitro groups is 2. The highest BCUT2D eigenvalue weighted by Gasteiger charge is 2.40. The Hall–Kier alpha value is -3.32. The molecule has 31 heavy (non-hydrogen) atoms. The van der Waals surface area contributed by atoms with Crippen LogP contribution in [-0.2, 0) is 16.0 Å². The van der Waals surface area contributed by atoms with E-state index in [4.69, 9.17) is 15.6 Å². The molecule has 1 aromatic rings. The highest BCUT2D eigenvalue weighted by molar-refractivity contribution is 5.99. The molecule has 0 spiro atoms. The van der Waals surface area contributed by atoms with Gasteiger partial charge in [0.2, 0.25) is 11.7 Å². The monoisotopic (exact) mass is 439 g/mol. The molecule has 0 saturated carbocycles. The van der Waals surface area contributed by atoms with Gasteiger partial charge < -0.3 is 25.4 Å². The maximum absolute atomic E-state index is 12.7. The minimum atomic E-state index is -1.26. The summed E-state index contributed by atoms with van der Waals surface area (Å²) >= 11 is 0. The average molecular weight is 439 g/mol. The maximum Gasteiger partial charge on any atom is 0.320 e. The first-order valence-electron chi connectivity index (χ1n) is 9.52. The van der Waals surface area contributed by atoms with Crippen molar-refractivity contribution in [3.05, 3.63) is 31.9 Å². The van der Waals surface area contributed by atoms with Crippen molar-refractivity contribution in [2.24, 2.45) is 5.73 Å². The fraction of sp³-hybridized carbons (Fsp3) is 0.556. The summed E-state index contributed by atoms with van der Waals surface area (Å²) in [4.78, 5) is 48.2. The van der Waals surface area contributed by atoms with Crippen molar-refractivity contribution >= 4 is 28.9 Å². The highest BCUT2D eigenvalue weighted by atomic mass is 16.6. The number of carbonyl (C=O) groups excluding carboxylic acids is 1. The number of carboxylic acid groups (broad SMARTS) is 1. The van der Waals surface area contributed by atoms with Crippen LogP contribution in [-0.4, -0.2) is 71.1 Å².